The number of nitrogens with zero attached hydrogens (tertiary/aromatic N) is 5. The first-order valence-electron chi connectivity index (χ1n) is 10.4. The Bertz CT molecular complexity index is 1180. The van der Waals surface area contributed by atoms with Gasteiger partial charge in [-0.05, 0) is 24.3 Å². The van der Waals surface area contributed by atoms with Gasteiger partial charge in [0.05, 0.1) is 28.8 Å². The largest absolute Gasteiger partial charge is 0.394 e. The van der Waals surface area contributed by atoms with E-state index in [-0.39, 0.29) is 17.3 Å². The molecule has 0 bridgehead atoms. The second-order valence-corrected chi connectivity index (χ2v) is 7.54. The minimum absolute atomic E-state index is 0.0187. The Morgan fingerprint density at radius 2 is 1.73 bits per heavy atom. The fraction of sp³-hybridized carbons (Fsp3) is 0.273. The molecule has 11 heteroatoms. The number of aliphatic hydroxyl groups is 1. The smallest absolute Gasteiger partial charge is 0.272 e. The van der Waals surface area contributed by atoms with Crippen LogP contribution in [0.2, 0.25) is 0 Å². The summed E-state index contributed by atoms with van der Waals surface area (Å²) in [5.74, 6) is -0.979. The number of non-ortho nitro benzene ring substituents is 1. The van der Waals surface area contributed by atoms with Crippen molar-refractivity contribution in [1.82, 2.24) is 20.2 Å². The molecule has 0 saturated carbocycles. The number of nitro benzene ring substituents is 1. The van der Waals surface area contributed by atoms with E-state index in [1.54, 1.807) is 35.2 Å². The maximum atomic E-state index is 12.9. The van der Waals surface area contributed by atoms with E-state index >= 15 is 0 Å². The first-order chi connectivity index (χ1) is 16.0. The highest BCUT2D eigenvalue weighted by Gasteiger charge is 2.29. The predicted molar refractivity (Wildman–Crippen MR) is 120 cm³/mol. The molecule has 33 heavy (non-hydrogen) atoms. The van der Waals surface area contributed by atoms with Gasteiger partial charge in [0.1, 0.15) is 11.7 Å². The van der Waals surface area contributed by atoms with Gasteiger partial charge in [0.25, 0.3) is 11.6 Å². The summed E-state index contributed by atoms with van der Waals surface area (Å²) in [4.78, 5) is 47.9. The molecular formula is C22H22N6O5. The molecule has 1 aromatic heterocycles. The molecule has 0 aliphatic carbocycles. The SMILES string of the molecule is O=C(N[C@@H](CO)C(=O)N1CCN(c2ccc([N+](=O)[O-])cc2)CC1)c1cnc2ccccc2n1. The first kappa shape index (κ1) is 22.1. The summed E-state index contributed by atoms with van der Waals surface area (Å²) < 4.78 is 0. The number of hydrogen-bond acceptors (Lipinski definition) is 8. The summed E-state index contributed by atoms with van der Waals surface area (Å²) in [6.07, 6.45) is 1.33. The number of fused-ring (bicyclic) bond motifs is 1. The maximum Gasteiger partial charge on any atom is 0.272 e. The van der Waals surface area contributed by atoms with Crippen molar-refractivity contribution < 1.29 is 19.6 Å². The van der Waals surface area contributed by atoms with E-state index in [1.165, 1.54) is 18.3 Å². The molecule has 2 aromatic carbocycles. The lowest BCUT2D eigenvalue weighted by molar-refractivity contribution is -0.384. The standard InChI is InChI=1S/C22H22N6O5/c29-14-20(25-21(30)19-13-23-17-3-1-2-4-18(17)24-19)22(31)27-11-9-26(10-12-27)15-5-7-16(8-6-15)28(32)33/h1-8,13,20,29H,9-12,14H2,(H,25,30)/t20-/m0/s1. The first-order valence-corrected chi connectivity index (χ1v) is 10.4. The van der Waals surface area contributed by atoms with Gasteiger partial charge in [-0.15, -0.1) is 0 Å². The van der Waals surface area contributed by atoms with Gasteiger partial charge in [-0.25, -0.2) is 4.98 Å². The number of para-hydroxylation sites is 2. The summed E-state index contributed by atoms with van der Waals surface area (Å²) in [6.45, 7) is 1.27. The van der Waals surface area contributed by atoms with Crippen LogP contribution in [-0.4, -0.2) is 75.5 Å². The minimum atomic E-state index is -1.10. The number of rotatable bonds is 6. The Morgan fingerprint density at radius 1 is 1.06 bits per heavy atom. The van der Waals surface area contributed by atoms with Gasteiger partial charge in [0, 0.05) is 44.0 Å². The van der Waals surface area contributed by atoms with Crippen LogP contribution >= 0.6 is 0 Å². The third-order valence-electron chi connectivity index (χ3n) is 5.48. The molecule has 0 spiro atoms. The molecule has 1 saturated heterocycles. The van der Waals surface area contributed by atoms with Crippen LogP contribution in [0.15, 0.2) is 54.7 Å². The molecule has 1 aliphatic heterocycles. The number of benzene rings is 2. The van der Waals surface area contributed by atoms with Gasteiger partial charge in [0.2, 0.25) is 5.91 Å². The van der Waals surface area contributed by atoms with Crippen molar-refractivity contribution in [2.45, 2.75) is 6.04 Å². The second kappa shape index (κ2) is 9.57. The summed E-state index contributed by atoms with van der Waals surface area (Å²) >= 11 is 0. The van der Waals surface area contributed by atoms with Gasteiger partial charge in [-0.2, -0.15) is 0 Å². The number of amides is 2. The highest BCUT2D eigenvalue weighted by molar-refractivity contribution is 5.97. The molecule has 11 nitrogen and oxygen atoms in total. The number of nitro groups is 1. The van der Waals surface area contributed by atoms with Crippen LogP contribution < -0.4 is 10.2 Å². The topological polar surface area (TPSA) is 142 Å². The van der Waals surface area contributed by atoms with Crippen molar-refractivity contribution in [3.05, 3.63) is 70.5 Å². The van der Waals surface area contributed by atoms with E-state index < -0.39 is 23.5 Å². The number of carbonyl (C=O) groups excluding carboxylic acids is 2. The average Bonchev–Trinajstić information content (AvgIpc) is 2.86. The molecule has 4 rings (SSSR count). The van der Waals surface area contributed by atoms with Gasteiger partial charge in [-0.3, -0.25) is 24.7 Å². The number of hydrogen-bond donors (Lipinski definition) is 2. The molecule has 170 valence electrons. The molecule has 1 aliphatic rings. The maximum absolute atomic E-state index is 12.9. The normalized spacial score (nSPS) is 14.7. The Labute approximate surface area is 188 Å². The third-order valence-corrected chi connectivity index (χ3v) is 5.48. The monoisotopic (exact) mass is 450 g/mol. The molecule has 2 N–H and O–H groups in total. The summed E-state index contributed by atoms with van der Waals surface area (Å²) in [5.41, 5.74) is 2.11. The van der Waals surface area contributed by atoms with Crippen LogP contribution in [0.1, 0.15) is 10.5 Å². The van der Waals surface area contributed by atoms with Crippen molar-refractivity contribution in [3.63, 3.8) is 0 Å². The van der Waals surface area contributed by atoms with Crippen molar-refractivity contribution >= 4 is 34.2 Å². The van der Waals surface area contributed by atoms with Crippen LogP contribution in [0.3, 0.4) is 0 Å². The molecule has 0 radical (unpaired) electrons. The zero-order chi connectivity index (χ0) is 23.4. The van der Waals surface area contributed by atoms with Gasteiger partial charge >= 0.3 is 0 Å². The van der Waals surface area contributed by atoms with Gasteiger partial charge in [0.15, 0.2) is 0 Å². The Morgan fingerprint density at radius 3 is 2.36 bits per heavy atom. The van der Waals surface area contributed by atoms with Crippen molar-refractivity contribution in [2.24, 2.45) is 0 Å². The van der Waals surface area contributed by atoms with E-state index in [0.29, 0.717) is 37.2 Å². The number of nitrogens with one attached hydrogen (secondary N) is 1. The lowest BCUT2D eigenvalue weighted by Crippen LogP contribution is -2.56. The Balaban J connectivity index is 1.36. The lowest BCUT2D eigenvalue weighted by atomic mass is 10.2. The van der Waals surface area contributed by atoms with E-state index in [1.807, 2.05) is 11.0 Å². The number of aliphatic hydroxyl groups excluding tert-OH is 1. The quantitative estimate of drug-likeness (QED) is 0.418. The minimum Gasteiger partial charge on any atom is -0.394 e. The molecular weight excluding hydrogens is 428 g/mol. The van der Waals surface area contributed by atoms with E-state index in [2.05, 4.69) is 15.3 Å². The summed E-state index contributed by atoms with van der Waals surface area (Å²) in [6, 6.07) is 12.3. The fourth-order valence-corrected chi connectivity index (χ4v) is 3.67. The highest BCUT2D eigenvalue weighted by atomic mass is 16.6. The number of piperazine rings is 1. The molecule has 1 fully saturated rings. The molecule has 2 amide bonds. The van der Waals surface area contributed by atoms with Crippen molar-refractivity contribution in [2.75, 3.05) is 37.7 Å². The predicted octanol–water partition coefficient (Wildman–Crippen LogP) is 0.978. The van der Waals surface area contributed by atoms with E-state index in [9.17, 15) is 24.8 Å². The van der Waals surface area contributed by atoms with Crippen molar-refractivity contribution in [1.29, 1.82) is 0 Å². The zero-order valence-corrected chi connectivity index (χ0v) is 17.6. The van der Waals surface area contributed by atoms with Crippen LogP contribution in [0, 0.1) is 10.1 Å². The fourth-order valence-electron chi connectivity index (χ4n) is 3.67. The van der Waals surface area contributed by atoms with Gasteiger partial charge in [-0.1, -0.05) is 12.1 Å². The molecule has 3 aromatic rings. The van der Waals surface area contributed by atoms with E-state index in [4.69, 9.17) is 0 Å². The van der Waals surface area contributed by atoms with Crippen molar-refractivity contribution in [3.8, 4) is 0 Å². The van der Waals surface area contributed by atoms with Crippen LogP contribution in [-0.2, 0) is 4.79 Å². The second-order valence-electron chi connectivity index (χ2n) is 7.54. The molecule has 0 unspecified atom stereocenters. The zero-order valence-electron chi connectivity index (χ0n) is 17.6. The molecule has 1 atom stereocenters. The Kier molecular flexibility index (Phi) is 6.41. The average molecular weight is 450 g/mol. The highest BCUT2D eigenvalue weighted by Crippen LogP contribution is 2.21. The van der Waals surface area contributed by atoms with Gasteiger partial charge < -0.3 is 20.2 Å². The van der Waals surface area contributed by atoms with Crippen LogP contribution in [0.5, 0.6) is 0 Å². The summed E-state index contributed by atoms with van der Waals surface area (Å²) in [5, 5.41) is 23.1. The number of anilines is 1. The van der Waals surface area contributed by atoms with E-state index in [0.717, 1.165) is 5.69 Å². The molecule has 2 heterocycles. The lowest BCUT2D eigenvalue weighted by Gasteiger charge is -2.37. The number of carbonyl (C=O) groups is 2. The Hall–Kier alpha value is -4.12. The number of aromatic nitrogens is 2. The summed E-state index contributed by atoms with van der Waals surface area (Å²) in [7, 11) is 0. The third kappa shape index (κ3) is 4.88. The van der Waals surface area contributed by atoms with Crippen LogP contribution in [0.4, 0.5) is 11.4 Å². The van der Waals surface area contributed by atoms with Crippen LogP contribution in [0.25, 0.3) is 11.0 Å².